The molecule has 0 aliphatic heterocycles. The van der Waals surface area contributed by atoms with Gasteiger partial charge < -0.3 is 14.8 Å². The molecule has 8 heteroatoms. The zero-order valence-corrected chi connectivity index (χ0v) is 18.0. The van der Waals surface area contributed by atoms with Gasteiger partial charge in [-0.2, -0.15) is 0 Å². The maximum atomic E-state index is 12.1. The number of benzene rings is 2. The van der Waals surface area contributed by atoms with Gasteiger partial charge in [0.2, 0.25) is 5.91 Å². The van der Waals surface area contributed by atoms with Gasteiger partial charge >= 0.3 is 0 Å². The normalized spacial score (nSPS) is 10.7. The van der Waals surface area contributed by atoms with Crippen molar-refractivity contribution in [3.05, 3.63) is 66.0 Å². The molecule has 0 radical (unpaired) electrons. The molecule has 1 aromatic heterocycles. The lowest BCUT2D eigenvalue weighted by molar-refractivity contribution is -0.118. The number of aryl methyl sites for hydroxylation is 2. The van der Waals surface area contributed by atoms with Crippen LogP contribution < -0.4 is 10.1 Å². The van der Waals surface area contributed by atoms with Crippen LogP contribution in [0.2, 0.25) is 0 Å². The number of aromatic nitrogens is 3. The highest BCUT2D eigenvalue weighted by atomic mass is 32.2. The minimum Gasteiger partial charge on any atom is -0.497 e. The fourth-order valence-electron chi connectivity index (χ4n) is 2.92. The molecule has 0 unspecified atom stereocenters. The Morgan fingerprint density at radius 2 is 1.80 bits per heavy atom. The molecule has 3 aromatic rings. The van der Waals surface area contributed by atoms with Crippen molar-refractivity contribution in [2.24, 2.45) is 0 Å². The Labute approximate surface area is 180 Å². The van der Waals surface area contributed by atoms with Gasteiger partial charge in [0.1, 0.15) is 11.6 Å². The summed E-state index contributed by atoms with van der Waals surface area (Å²) in [6.07, 6.45) is 1.60. The maximum Gasteiger partial charge on any atom is 0.230 e. The Bertz CT molecular complexity index is 929. The van der Waals surface area contributed by atoms with Gasteiger partial charge in [-0.25, -0.2) is 0 Å². The van der Waals surface area contributed by atoms with Crippen molar-refractivity contribution in [2.45, 2.75) is 18.0 Å². The zero-order chi connectivity index (χ0) is 21.2. The third-order valence-electron chi connectivity index (χ3n) is 4.47. The maximum absolute atomic E-state index is 12.1. The van der Waals surface area contributed by atoms with Crippen LogP contribution in [0.1, 0.15) is 11.4 Å². The summed E-state index contributed by atoms with van der Waals surface area (Å²) >= 11 is 1.37. The van der Waals surface area contributed by atoms with Gasteiger partial charge in [-0.15, -0.1) is 10.2 Å². The van der Waals surface area contributed by atoms with E-state index in [4.69, 9.17) is 9.47 Å². The van der Waals surface area contributed by atoms with Gasteiger partial charge in [0, 0.05) is 25.8 Å². The van der Waals surface area contributed by atoms with Crippen molar-refractivity contribution in [1.82, 2.24) is 20.1 Å². The van der Waals surface area contributed by atoms with Gasteiger partial charge in [0.25, 0.3) is 0 Å². The van der Waals surface area contributed by atoms with E-state index in [-0.39, 0.29) is 11.7 Å². The summed E-state index contributed by atoms with van der Waals surface area (Å²) in [5, 5.41) is 12.3. The van der Waals surface area contributed by atoms with Crippen LogP contribution in [0, 0.1) is 0 Å². The predicted molar refractivity (Wildman–Crippen MR) is 117 cm³/mol. The highest BCUT2D eigenvalue weighted by molar-refractivity contribution is 7.99. The number of hydrogen-bond acceptors (Lipinski definition) is 6. The molecule has 1 amide bonds. The smallest absolute Gasteiger partial charge is 0.230 e. The van der Waals surface area contributed by atoms with Gasteiger partial charge in [0.15, 0.2) is 5.16 Å². The Hall–Kier alpha value is -2.84. The average Bonchev–Trinajstić information content (AvgIpc) is 3.20. The molecule has 7 nitrogen and oxygen atoms in total. The Kier molecular flexibility index (Phi) is 8.29. The van der Waals surface area contributed by atoms with Gasteiger partial charge in [-0.3, -0.25) is 9.36 Å². The number of ether oxygens (including phenoxy) is 2. The zero-order valence-electron chi connectivity index (χ0n) is 17.2. The lowest BCUT2D eigenvalue weighted by atomic mass is 10.1. The second-order valence-electron chi connectivity index (χ2n) is 6.55. The lowest BCUT2D eigenvalue weighted by Crippen LogP contribution is -2.28. The predicted octanol–water partition coefficient (Wildman–Crippen LogP) is 2.92. The van der Waals surface area contributed by atoms with Crippen LogP contribution in [-0.4, -0.2) is 53.8 Å². The molecule has 3 rings (SSSR count). The van der Waals surface area contributed by atoms with Crippen molar-refractivity contribution in [3.8, 4) is 11.4 Å². The summed E-state index contributed by atoms with van der Waals surface area (Å²) in [6, 6.07) is 18.0. The van der Waals surface area contributed by atoms with Gasteiger partial charge in [-0.05, 0) is 36.2 Å². The van der Waals surface area contributed by atoms with Crippen LogP contribution in [0.3, 0.4) is 0 Å². The number of nitrogens with one attached hydrogen (secondary N) is 1. The number of carbonyl (C=O) groups is 1. The summed E-state index contributed by atoms with van der Waals surface area (Å²) in [7, 11) is 3.25. The first kappa shape index (κ1) is 21.9. The lowest BCUT2D eigenvalue weighted by Gasteiger charge is -2.11. The summed E-state index contributed by atoms with van der Waals surface area (Å²) in [6.45, 7) is 0.978. The molecule has 1 heterocycles. The van der Waals surface area contributed by atoms with Crippen molar-refractivity contribution >= 4 is 17.7 Å². The second kappa shape index (κ2) is 11.4. The molecule has 0 saturated carbocycles. The first-order chi connectivity index (χ1) is 14.7. The molecule has 30 heavy (non-hydrogen) atoms. The standard InChI is InChI=1S/C22H26N4O3S/c1-28-15-14-23-21(27)16-30-22-25-24-20(13-8-17-6-4-3-5-7-17)26(22)18-9-11-19(29-2)12-10-18/h3-7,9-12H,8,13-16H2,1-2H3,(H,23,27). The third kappa shape index (κ3) is 6.08. The van der Waals surface area contributed by atoms with Gasteiger partial charge in [0.05, 0.1) is 19.5 Å². The minimum absolute atomic E-state index is 0.0628. The summed E-state index contributed by atoms with van der Waals surface area (Å²) in [5.41, 5.74) is 2.18. The fourth-order valence-corrected chi connectivity index (χ4v) is 3.72. The van der Waals surface area contributed by atoms with Crippen LogP contribution in [-0.2, 0) is 22.4 Å². The van der Waals surface area contributed by atoms with Crippen LogP contribution in [0.5, 0.6) is 5.75 Å². The summed E-state index contributed by atoms with van der Waals surface area (Å²) in [4.78, 5) is 12.1. The Morgan fingerprint density at radius 3 is 2.50 bits per heavy atom. The van der Waals surface area contributed by atoms with Crippen molar-refractivity contribution in [1.29, 1.82) is 0 Å². The largest absolute Gasteiger partial charge is 0.497 e. The number of rotatable bonds is 11. The van der Waals surface area contributed by atoms with E-state index < -0.39 is 0 Å². The molecule has 0 aliphatic carbocycles. The molecule has 0 fully saturated rings. The van der Waals surface area contributed by atoms with Crippen LogP contribution in [0.25, 0.3) is 5.69 Å². The first-order valence-electron chi connectivity index (χ1n) is 9.72. The summed E-state index contributed by atoms with van der Waals surface area (Å²) < 4.78 is 12.2. The van der Waals surface area contributed by atoms with Crippen molar-refractivity contribution < 1.29 is 14.3 Å². The van der Waals surface area contributed by atoms with Crippen molar-refractivity contribution in [2.75, 3.05) is 33.1 Å². The van der Waals surface area contributed by atoms with Crippen LogP contribution >= 0.6 is 11.8 Å². The van der Waals surface area contributed by atoms with E-state index >= 15 is 0 Å². The Morgan fingerprint density at radius 1 is 1.03 bits per heavy atom. The highest BCUT2D eigenvalue weighted by Crippen LogP contribution is 2.24. The molecule has 0 aliphatic rings. The molecule has 158 valence electrons. The first-order valence-corrected chi connectivity index (χ1v) is 10.7. The van der Waals surface area contributed by atoms with E-state index in [2.05, 4.69) is 27.6 Å². The molecule has 0 bridgehead atoms. The third-order valence-corrected chi connectivity index (χ3v) is 5.40. The molecule has 2 aromatic carbocycles. The fraction of sp³-hybridized carbons (Fsp3) is 0.318. The second-order valence-corrected chi connectivity index (χ2v) is 7.49. The SMILES string of the molecule is COCCNC(=O)CSc1nnc(CCc2ccccc2)n1-c1ccc(OC)cc1. The van der Waals surface area contributed by atoms with E-state index in [1.54, 1.807) is 14.2 Å². The molecular formula is C22H26N4O3S. The summed E-state index contributed by atoms with van der Waals surface area (Å²) in [5.74, 6) is 1.83. The van der Waals surface area contributed by atoms with Gasteiger partial charge in [-0.1, -0.05) is 42.1 Å². The van der Waals surface area contributed by atoms with E-state index in [9.17, 15) is 4.79 Å². The topological polar surface area (TPSA) is 78.3 Å². The van der Waals surface area contributed by atoms with Crippen LogP contribution in [0.4, 0.5) is 0 Å². The monoisotopic (exact) mass is 426 g/mol. The quantitative estimate of drug-likeness (QED) is 0.375. The van der Waals surface area contributed by atoms with E-state index in [1.165, 1.54) is 17.3 Å². The molecule has 0 spiro atoms. The Balaban J connectivity index is 1.77. The van der Waals surface area contributed by atoms with E-state index in [0.29, 0.717) is 18.3 Å². The number of thioether (sulfide) groups is 1. The van der Waals surface area contributed by atoms with E-state index in [0.717, 1.165) is 30.1 Å². The number of amides is 1. The average molecular weight is 427 g/mol. The highest BCUT2D eigenvalue weighted by Gasteiger charge is 2.16. The molecule has 0 atom stereocenters. The van der Waals surface area contributed by atoms with Crippen molar-refractivity contribution in [3.63, 3.8) is 0 Å². The number of nitrogens with zero attached hydrogens (tertiary/aromatic N) is 3. The molecular weight excluding hydrogens is 400 g/mol. The number of methoxy groups -OCH3 is 2. The van der Waals surface area contributed by atoms with E-state index in [1.807, 2.05) is 47.0 Å². The van der Waals surface area contributed by atoms with Crippen LogP contribution in [0.15, 0.2) is 59.8 Å². The molecule has 0 saturated heterocycles. The molecule has 1 N–H and O–H groups in total. The number of hydrogen-bond donors (Lipinski definition) is 1. The number of carbonyl (C=O) groups excluding carboxylic acids is 1. The minimum atomic E-state index is -0.0628.